The number of nitrogens with one attached hydrogen (secondary N) is 1. The Morgan fingerprint density at radius 3 is 2.71 bits per heavy atom. The smallest absolute Gasteiger partial charge is 0.278 e. The van der Waals surface area contributed by atoms with Crippen LogP contribution in [-0.4, -0.2) is 28.0 Å². The Morgan fingerprint density at radius 2 is 1.96 bits per heavy atom. The Labute approximate surface area is 142 Å². The molecule has 1 atom stereocenters. The van der Waals surface area contributed by atoms with E-state index in [1.165, 1.54) is 31.2 Å². The second kappa shape index (κ2) is 6.23. The summed E-state index contributed by atoms with van der Waals surface area (Å²) in [6.45, 7) is 2.07. The van der Waals surface area contributed by atoms with Crippen molar-refractivity contribution >= 4 is 17.4 Å². The maximum Gasteiger partial charge on any atom is 0.278 e. The fourth-order valence-corrected chi connectivity index (χ4v) is 3.79. The molecule has 1 fully saturated rings. The van der Waals surface area contributed by atoms with Crippen LogP contribution in [0.25, 0.3) is 0 Å². The molecule has 1 N–H and O–H groups in total. The second-order valence-electron chi connectivity index (χ2n) is 6.77. The number of carbonyl (C=O) groups is 1. The zero-order valence-corrected chi connectivity index (χ0v) is 13.9. The number of anilines is 2. The zero-order valence-electron chi connectivity index (χ0n) is 13.9. The van der Waals surface area contributed by atoms with Crippen molar-refractivity contribution in [2.75, 3.05) is 10.2 Å². The molecular formula is C19H22N4O. The summed E-state index contributed by atoms with van der Waals surface area (Å²) in [5, 5.41) is 3.40. The molecule has 2 aromatic rings. The number of hydrogen-bond donors (Lipinski definition) is 1. The Morgan fingerprint density at radius 1 is 1.17 bits per heavy atom. The van der Waals surface area contributed by atoms with E-state index in [2.05, 4.69) is 28.3 Å². The first-order valence-electron chi connectivity index (χ1n) is 8.72. The molecule has 5 nitrogen and oxygen atoms in total. The van der Waals surface area contributed by atoms with Crippen LogP contribution < -0.4 is 10.2 Å². The molecule has 124 valence electrons. The normalized spacial score (nSPS) is 20.2. The molecular weight excluding hydrogens is 300 g/mol. The van der Waals surface area contributed by atoms with Gasteiger partial charge in [-0.2, -0.15) is 0 Å². The van der Waals surface area contributed by atoms with Crippen LogP contribution >= 0.6 is 0 Å². The van der Waals surface area contributed by atoms with Gasteiger partial charge in [-0.15, -0.1) is 0 Å². The molecule has 1 aliphatic heterocycles. The van der Waals surface area contributed by atoms with Gasteiger partial charge >= 0.3 is 0 Å². The lowest BCUT2D eigenvalue weighted by Gasteiger charge is -2.22. The summed E-state index contributed by atoms with van der Waals surface area (Å²) in [7, 11) is 0. The van der Waals surface area contributed by atoms with E-state index in [4.69, 9.17) is 0 Å². The van der Waals surface area contributed by atoms with Crippen LogP contribution in [0.1, 0.15) is 48.7 Å². The molecule has 1 aromatic heterocycles. The largest absolute Gasteiger partial charge is 0.366 e. The first-order chi connectivity index (χ1) is 11.7. The first-order valence-corrected chi connectivity index (χ1v) is 8.72. The number of benzene rings is 1. The van der Waals surface area contributed by atoms with E-state index in [-0.39, 0.29) is 11.9 Å². The van der Waals surface area contributed by atoms with Crippen LogP contribution in [-0.2, 0) is 6.42 Å². The third-order valence-electron chi connectivity index (χ3n) is 5.00. The predicted octanol–water partition coefficient (Wildman–Crippen LogP) is 3.42. The van der Waals surface area contributed by atoms with Gasteiger partial charge in [0, 0.05) is 17.8 Å². The van der Waals surface area contributed by atoms with Crippen molar-refractivity contribution in [1.82, 2.24) is 9.97 Å². The topological polar surface area (TPSA) is 58.1 Å². The molecule has 24 heavy (non-hydrogen) atoms. The summed E-state index contributed by atoms with van der Waals surface area (Å²) in [5.74, 6) is 0.681. The molecule has 0 bridgehead atoms. The number of nitrogens with zero attached hydrogens (tertiary/aromatic N) is 3. The number of aromatic nitrogens is 2. The molecule has 0 spiro atoms. The quantitative estimate of drug-likeness (QED) is 0.940. The number of carbonyl (C=O) groups excluding carboxylic acids is 1. The molecule has 2 heterocycles. The molecule has 1 aliphatic carbocycles. The van der Waals surface area contributed by atoms with Crippen molar-refractivity contribution in [3.8, 4) is 0 Å². The van der Waals surface area contributed by atoms with Gasteiger partial charge in [0.05, 0.1) is 12.4 Å². The molecule has 5 heteroatoms. The molecule has 0 radical (unpaired) electrons. The van der Waals surface area contributed by atoms with Crippen LogP contribution in [0.3, 0.4) is 0 Å². The highest BCUT2D eigenvalue weighted by atomic mass is 16.2. The number of rotatable bonds is 3. The van der Waals surface area contributed by atoms with Crippen LogP contribution in [0.4, 0.5) is 11.5 Å². The summed E-state index contributed by atoms with van der Waals surface area (Å²) >= 11 is 0. The lowest BCUT2D eigenvalue weighted by Crippen LogP contribution is -2.36. The molecule has 1 saturated carbocycles. The fraction of sp³-hybridized carbons (Fsp3) is 0.421. The van der Waals surface area contributed by atoms with Crippen LogP contribution in [0.15, 0.2) is 36.7 Å². The van der Waals surface area contributed by atoms with Crippen molar-refractivity contribution < 1.29 is 4.79 Å². The summed E-state index contributed by atoms with van der Waals surface area (Å²) in [6.07, 6.45) is 9.07. The standard InChI is InChI=1S/C19H22N4O/c1-13-10-14-6-2-5-9-17(14)23(13)19(24)16-11-21-18(12-20-16)22-15-7-3-4-8-15/h2,5-6,9,11-13,15H,3-4,7-8,10H2,1H3,(H,21,22). The van der Waals surface area contributed by atoms with Gasteiger partial charge in [0.25, 0.3) is 5.91 Å². The highest BCUT2D eigenvalue weighted by Gasteiger charge is 2.32. The molecule has 1 amide bonds. The summed E-state index contributed by atoms with van der Waals surface area (Å²) in [5.41, 5.74) is 2.60. The lowest BCUT2D eigenvalue weighted by atomic mass is 10.1. The van der Waals surface area contributed by atoms with E-state index < -0.39 is 0 Å². The minimum Gasteiger partial charge on any atom is -0.366 e. The van der Waals surface area contributed by atoms with E-state index in [9.17, 15) is 4.79 Å². The Hall–Kier alpha value is -2.43. The third kappa shape index (κ3) is 2.75. The minimum absolute atomic E-state index is 0.0765. The van der Waals surface area contributed by atoms with E-state index in [0.717, 1.165) is 17.9 Å². The number of fused-ring (bicyclic) bond motifs is 1. The van der Waals surface area contributed by atoms with E-state index in [1.807, 2.05) is 23.1 Å². The van der Waals surface area contributed by atoms with Gasteiger partial charge in [0.15, 0.2) is 0 Å². The average Bonchev–Trinajstić information content (AvgIpc) is 3.21. The van der Waals surface area contributed by atoms with Gasteiger partial charge in [-0.05, 0) is 37.8 Å². The lowest BCUT2D eigenvalue weighted by molar-refractivity contribution is 0.0976. The molecule has 1 aromatic carbocycles. The Kier molecular flexibility index (Phi) is 3.92. The van der Waals surface area contributed by atoms with Gasteiger partial charge in [0.2, 0.25) is 0 Å². The summed E-state index contributed by atoms with van der Waals surface area (Å²) < 4.78 is 0. The second-order valence-corrected chi connectivity index (χ2v) is 6.77. The van der Waals surface area contributed by atoms with Gasteiger partial charge in [-0.25, -0.2) is 9.97 Å². The third-order valence-corrected chi connectivity index (χ3v) is 5.00. The van der Waals surface area contributed by atoms with E-state index >= 15 is 0 Å². The van der Waals surface area contributed by atoms with Crippen molar-refractivity contribution in [2.45, 2.75) is 51.1 Å². The van der Waals surface area contributed by atoms with Crippen LogP contribution in [0, 0.1) is 0 Å². The highest BCUT2D eigenvalue weighted by molar-refractivity contribution is 6.06. The average molecular weight is 322 g/mol. The molecule has 2 aliphatic rings. The van der Waals surface area contributed by atoms with Crippen molar-refractivity contribution in [2.24, 2.45) is 0 Å². The number of amides is 1. The Balaban J connectivity index is 1.52. The fourth-order valence-electron chi connectivity index (χ4n) is 3.79. The number of hydrogen-bond acceptors (Lipinski definition) is 4. The minimum atomic E-state index is -0.0765. The van der Waals surface area contributed by atoms with E-state index in [1.54, 1.807) is 12.4 Å². The maximum absolute atomic E-state index is 12.9. The van der Waals surface area contributed by atoms with Crippen molar-refractivity contribution in [3.05, 3.63) is 47.9 Å². The maximum atomic E-state index is 12.9. The van der Waals surface area contributed by atoms with E-state index in [0.29, 0.717) is 11.7 Å². The SMILES string of the molecule is CC1Cc2ccccc2N1C(=O)c1cnc(NC2CCCC2)cn1. The monoisotopic (exact) mass is 322 g/mol. The first kappa shape index (κ1) is 15.1. The van der Waals surface area contributed by atoms with Gasteiger partial charge in [0.1, 0.15) is 11.5 Å². The van der Waals surface area contributed by atoms with Crippen molar-refractivity contribution in [1.29, 1.82) is 0 Å². The van der Waals surface area contributed by atoms with Crippen LogP contribution in [0.2, 0.25) is 0 Å². The van der Waals surface area contributed by atoms with Gasteiger partial charge in [-0.3, -0.25) is 4.79 Å². The molecule has 4 rings (SSSR count). The predicted molar refractivity (Wildman–Crippen MR) is 94.3 cm³/mol. The summed E-state index contributed by atoms with van der Waals surface area (Å²) in [4.78, 5) is 23.5. The number of para-hydroxylation sites is 1. The molecule has 1 unspecified atom stereocenters. The summed E-state index contributed by atoms with van der Waals surface area (Å²) in [6, 6.07) is 8.71. The van der Waals surface area contributed by atoms with Gasteiger partial charge < -0.3 is 10.2 Å². The van der Waals surface area contributed by atoms with Crippen LogP contribution in [0.5, 0.6) is 0 Å². The van der Waals surface area contributed by atoms with Crippen molar-refractivity contribution in [3.63, 3.8) is 0 Å². The van der Waals surface area contributed by atoms with Gasteiger partial charge in [-0.1, -0.05) is 31.0 Å². The zero-order chi connectivity index (χ0) is 16.5. The highest BCUT2D eigenvalue weighted by Crippen LogP contribution is 2.32. The Bertz CT molecular complexity index is 737. The molecule has 0 saturated heterocycles.